The van der Waals surface area contributed by atoms with Gasteiger partial charge in [0, 0.05) is 43.0 Å². The first-order valence-corrected chi connectivity index (χ1v) is 12.7. The van der Waals surface area contributed by atoms with Crippen LogP contribution in [0.1, 0.15) is 25.3 Å². The van der Waals surface area contributed by atoms with E-state index in [0.717, 1.165) is 23.5 Å². The number of likely N-dealkylation sites (tertiary alicyclic amines) is 1. The predicted octanol–water partition coefficient (Wildman–Crippen LogP) is 5.54. The van der Waals surface area contributed by atoms with Gasteiger partial charge in [-0.05, 0) is 68.8 Å². The number of pyridine rings is 1. The van der Waals surface area contributed by atoms with Crippen LogP contribution in [0.3, 0.4) is 0 Å². The molecule has 2 atom stereocenters. The highest BCUT2D eigenvalue weighted by Gasteiger charge is 2.28. The number of methoxy groups -OCH3 is 1. The van der Waals surface area contributed by atoms with Gasteiger partial charge in [0.05, 0.1) is 30.5 Å². The van der Waals surface area contributed by atoms with Crippen molar-refractivity contribution in [3.63, 3.8) is 0 Å². The molecule has 1 aliphatic heterocycles. The number of anilines is 1. The molecule has 0 bridgehead atoms. The molecule has 7 nitrogen and oxygen atoms in total. The molecule has 1 fully saturated rings. The third-order valence-electron chi connectivity index (χ3n) is 7.54. The van der Waals surface area contributed by atoms with E-state index in [1.807, 2.05) is 30.5 Å². The van der Waals surface area contributed by atoms with Crippen molar-refractivity contribution in [2.45, 2.75) is 31.8 Å². The van der Waals surface area contributed by atoms with E-state index in [-0.39, 0.29) is 5.56 Å². The number of likely N-dealkylation sites (N-methyl/N-ethyl adjacent to an activating group) is 2. The lowest BCUT2D eigenvalue weighted by Gasteiger charge is -2.28. The standard InChI is InChI=1S/C30H31FN6O/c1-20-11-14-24(36(20)3)19-35(2)28-9-6-10-29(34-28)37-18-23(17-33-37)21-12-13-22(16-32)25(15-21)30-26(31)7-5-8-27(30)38-4/h5-10,12-13,15,17-18,20,24H,11,14,19H2,1-4H3. The van der Waals surface area contributed by atoms with Crippen molar-refractivity contribution >= 4 is 5.82 Å². The van der Waals surface area contributed by atoms with E-state index in [9.17, 15) is 9.65 Å². The topological polar surface area (TPSA) is 70.2 Å². The molecule has 194 valence electrons. The molecule has 0 spiro atoms. The maximum Gasteiger partial charge on any atom is 0.155 e. The van der Waals surface area contributed by atoms with Crippen LogP contribution in [0.15, 0.2) is 67.0 Å². The minimum absolute atomic E-state index is 0.264. The number of benzene rings is 2. The van der Waals surface area contributed by atoms with Crippen LogP contribution in [0.4, 0.5) is 10.2 Å². The number of halogens is 1. The fourth-order valence-corrected chi connectivity index (χ4v) is 5.14. The molecule has 0 radical (unpaired) electrons. The number of ether oxygens (including phenoxy) is 1. The van der Waals surface area contributed by atoms with Crippen molar-refractivity contribution in [3.8, 4) is 39.9 Å². The summed E-state index contributed by atoms with van der Waals surface area (Å²) in [6, 6.07) is 19.2. The SMILES string of the molecule is COc1cccc(F)c1-c1cc(-c2cnn(-c3cccc(N(C)CC4CCC(C)N4C)n3)c2)ccc1C#N. The van der Waals surface area contributed by atoms with E-state index in [1.54, 1.807) is 35.1 Å². The van der Waals surface area contributed by atoms with E-state index < -0.39 is 5.82 Å². The summed E-state index contributed by atoms with van der Waals surface area (Å²) < 4.78 is 22.0. The number of rotatable bonds is 7. The van der Waals surface area contributed by atoms with Gasteiger partial charge in [-0.1, -0.05) is 18.2 Å². The van der Waals surface area contributed by atoms with Crippen LogP contribution in [0.5, 0.6) is 5.75 Å². The molecule has 0 saturated carbocycles. The Balaban J connectivity index is 1.43. The molecule has 38 heavy (non-hydrogen) atoms. The number of nitriles is 1. The maximum atomic E-state index is 14.8. The van der Waals surface area contributed by atoms with Gasteiger partial charge >= 0.3 is 0 Å². The van der Waals surface area contributed by atoms with Crippen molar-refractivity contribution in [3.05, 3.63) is 78.4 Å². The molecule has 5 rings (SSSR count). The molecule has 4 aromatic rings. The molecule has 1 saturated heterocycles. The Labute approximate surface area is 222 Å². The lowest BCUT2D eigenvalue weighted by Crippen LogP contribution is -2.39. The summed E-state index contributed by atoms with van der Waals surface area (Å²) in [5.74, 6) is 1.52. The van der Waals surface area contributed by atoms with E-state index in [1.165, 1.54) is 26.0 Å². The zero-order valence-electron chi connectivity index (χ0n) is 22.1. The molecule has 0 aliphatic carbocycles. The number of aromatic nitrogens is 3. The first-order chi connectivity index (χ1) is 18.4. The molecule has 2 aromatic carbocycles. The highest BCUT2D eigenvalue weighted by molar-refractivity contribution is 5.81. The first-order valence-electron chi connectivity index (χ1n) is 12.7. The summed E-state index contributed by atoms with van der Waals surface area (Å²) in [5, 5.41) is 14.2. The predicted molar refractivity (Wildman–Crippen MR) is 147 cm³/mol. The van der Waals surface area contributed by atoms with Crippen molar-refractivity contribution in [1.29, 1.82) is 5.26 Å². The van der Waals surface area contributed by atoms with Crippen LogP contribution in [0.25, 0.3) is 28.1 Å². The van der Waals surface area contributed by atoms with E-state index in [0.29, 0.717) is 34.8 Å². The second-order valence-electron chi connectivity index (χ2n) is 9.84. The van der Waals surface area contributed by atoms with Gasteiger partial charge in [0.1, 0.15) is 17.4 Å². The van der Waals surface area contributed by atoms with Gasteiger partial charge in [-0.2, -0.15) is 10.4 Å². The molecule has 8 heteroatoms. The highest BCUT2D eigenvalue weighted by Crippen LogP contribution is 2.37. The Hall–Kier alpha value is -4.22. The quantitative estimate of drug-likeness (QED) is 0.325. The molecular formula is C30H31FN6O. The summed E-state index contributed by atoms with van der Waals surface area (Å²) in [4.78, 5) is 9.51. The minimum Gasteiger partial charge on any atom is -0.496 e. The molecule has 2 aromatic heterocycles. The number of nitrogens with zero attached hydrogens (tertiary/aromatic N) is 6. The van der Waals surface area contributed by atoms with Crippen LogP contribution >= 0.6 is 0 Å². The summed E-state index contributed by atoms with van der Waals surface area (Å²) >= 11 is 0. The van der Waals surface area contributed by atoms with Crippen molar-refractivity contribution in [2.24, 2.45) is 0 Å². The average Bonchev–Trinajstić information content (AvgIpc) is 3.56. The Morgan fingerprint density at radius 2 is 1.95 bits per heavy atom. The normalized spacial score (nSPS) is 17.4. The molecule has 2 unspecified atom stereocenters. The molecule has 1 aliphatic rings. The van der Waals surface area contributed by atoms with Crippen LogP contribution < -0.4 is 9.64 Å². The van der Waals surface area contributed by atoms with Gasteiger partial charge < -0.3 is 9.64 Å². The van der Waals surface area contributed by atoms with Gasteiger partial charge in [-0.3, -0.25) is 4.90 Å². The Morgan fingerprint density at radius 1 is 1.13 bits per heavy atom. The van der Waals surface area contributed by atoms with Gasteiger partial charge in [0.25, 0.3) is 0 Å². The summed E-state index contributed by atoms with van der Waals surface area (Å²) in [7, 11) is 5.76. The fourth-order valence-electron chi connectivity index (χ4n) is 5.14. The smallest absolute Gasteiger partial charge is 0.155 e. The maximum absolute atomic E-state index is 14.8. The van der Waals surface area contributed by atoms with E-state index in [2.05, 4.69) is 42.0 Å². The zero-order valence-corrected chi connectivity index (χ0v) is 22.1. The summed E-state index contributed by atoms with van der Waals surface area (Å²) in [6.07, 6.45) is 6.05. The van der Waals surface area contributed by atoms with E-state index >= 15 is 0 Å². The lowest BCUT2D eigenvalue weighted by atomic mass is 9.95. The Morgan fingerprint density at radius 3 is 2.68 bits per heavy atom. The Bertz CT molecular complexity index is 1490. The molecule has 0 N–H and O–H groups in total. The van der Waals surface area contributed by atoms with Crippen LogP contribution in [0.2, 0.25) is 0 Å². The molecule has 3 heterocycles. The first kappa shape index (κ1) is 25.4. The third-order valence-corrected chi connectivity index (χ3v) is 7.54. The number of hydrogen-bond acceptors (Lipinski definition) is 6. The fraction of sp³-hybridized carbons (Fsp3) is 0.300. The van der Waals surface area contributed by atoms with Crippen molar-refractivity contribution in [1.82, 2.24) is 19.7 Å². The molecule has 0 amide bonds. The second-order valence-corrected chi connectivity index (χ2v) is 9.84. The largest absolute Gasteiger partial charge is 0.496 e. The minimum atomic E-state index is -0.447. The van der Waals surface area contributed by atoms with Crippen LogP contribution in [-0.4, -0.2) is 59.5 Å². The number of hydrogen-bond donors (Lipinski definition) is 0. The zero-order chi connectivity index (χ0) is 26.8. The third kappa shape index (κ3) is 4.85. The second kappa shape index (κ2) is 10.6. The van der Waals surface area contributed by atoms with Crippen LogP contribution in [0, 0.1) is 17.1 Å². The average molecular weight is 511 g/mol. The van der Waals surface area contributed by atoms with Crippen molar-refractivity contribution < 1.29 is 9.13 Å². The van der Waals surface area contributed by atoms with Gasteiger partial charge in [-0.25, -0.2) is 14.1 Å². The summed E-state index contributed by atoms with van der Waals surface area (Å²) in [5.41, 5.74) is 2.74. The van der Waals surface area contributed by atoms with Gasteiger partial charge in [0.15, 0.2) is 5.82 Å². The highest BCUT2D eigenvalue weighted by atomic mass is 19.1. The van der Waals surface area contributed by atoms with Crippen molar-refractivity contribution in [2.75, 3.05) is 32.6 Å². The van der Waals surface area contributed by atoms with Gasteiger partial charge in [0.2, 0.25) is 0 Å². The monoisotopic (exact) mass is 510 g/mol. The Kier molecular flexibility index (Phi) is 7.12. The summed E-state index contributed by atoms with van der Waals surface area (Å²) in [6.45, 7) is 3.19. The van der Waals surface area contributed by atoms with Crippen LogP contribution in [-0.2, 0) is 0 Å². The van der Waals surface area contributed by atoms with Gasteiger partial charge in [-0.15, -0.1) is 0 Å². The molecular weight excluding hydrogens is 479 g/mol. The van der Waals surface area contributed by atoms with E-state index in [4.69, 9.17) is 9.72 Å². The lowest BCUT2D eigenvalue weighted by molar-refractivity contribution is 0.256.